The Morgan fingerprint density at radius 1 is 0.750 bits per heavy atom. The number of imidazole rings is 1. The molecule has 2 aromatic heterocycles. The van der Waals surface area contributed by atoms with Gasteiger partial charge in [-0.1, -0.05) is 60.3 Å². The maximum Gasteiger partial charge on any atom is 0.241 e. The zero-order valence-electron chi connectivity index (χ0n) is 15.1. The van der Waals surface area contributed by atoms with Crippen LogP contribution in [0.5, 0.6) is 5.75 Å². The van der Waals surface area contributed by atoms with Crippen LogP contribution < -0.4 is 4.74 Å². The molecule has 0 atom stereocenters. The van der Waals surface area contributed by atoms with Crippen molar-refractivity contribution >= 4 is 28.6 Å². The van der Waals surface area contributed by atoms with E-state index in [1.54, 1.807) is 11.8 Å². The van der Waals surface area contributed by atoms with Gasteiger partial charge in [-0.25, -0.2) is 0 Å². The van der Waals surface area contributed by atoms with Gasteiger partial charge in [-0.15, -0.1) is 10.2 Å². The van der Waals surface area contributed by atoms with E-state index in [1.807, 2.05) is 54.6 Å². The highest BCUT2D eigenvalue weighted by Crippen LogP contribution is 2.28. The standard InChI is InChI=1S/C22H18N4OS/c1-3-9-17(10-4-1)25-19-13-7-8-14-20(19)26-21(25)23-24-22(26)28-16-15-27-18-11-5-2-6-12-18/h1-14H,15-16H2. The highest BCUT2D eigenvalue weighted by atomic mass is 32.2. The highest BCUT2D eigenvalue weighted by molar-refractivity contribution is 7.99. The van der Waals surface area contributed by atoms with Crippen molar-refractivity contribution in [3.05, 3.63) is 84.9 Å². The Kier molecular flexibility index (Phi) is 4.47. The van der Waals surface area contributed by atoms with Crippen LogP contribution in [0.4, 0.5) is 0 Å². The second kappa shape index (κ2) is 7.40. The molecule has 5 rings (SSSR count). The van der Waals surface area contributed by atoms with Gasteiger partial charge >= 0.3 is 0 Å². The lowest BCUT2D eigenvalue weighted by Crippen LogP contribution is -2.00. The molecule has 0 fully saturated rings. The smallest absolute Gasteiger partial charge is 0.241 e. The van der Waals surface area contributed by atoms with Crippen molar-refractivity contribution < 1.29 is 4.74 Å². The predicted molar refractivity (Wildman–Crippen MR) is 112 cm³/mol. The van der Waals surface area contributed by atoms with Gasteiger partial charge in [0.1, 0.15) is 5.75 Å². The Hall–Kier alpha value is -3.25. The maximum absolute atomic E-state index is 5.79. The Morgan fingerprint density at radius 2 is 1.43 bits per heavy atom. The largest absolute Gasteiger partial charge is 0.493 e. The Balaban J connectivity index is 1.46. The molecule has 0 N–H and O–H groups in total. The number of fused-ring (bicyclic) bond motifs is 3. The van der Waals surface area contributed by atoms with Crippen LogP contribution in [0.1, 0.15) is 0 Å². The van der Waals surface area contributed by atoms with E-state index < -0.39 is 0 Å². The van der Waals surface area contributed by atoms with Crippen molar-refractivity contribution in [1.29, 1.82) is 0 Å². The first-order valence-electron chi connectivity index (χ1n) is 9.12. The van der Waals surface area contributed by atoms with E-state index >= 15 is 0 Å². The van der Waals surface area contributed by atoms with Gasteiger partial charge in [-0.05, 0) is 36.4 Å². The summed E-state index contributed by atoms with van der Waals surface area (Å²) in [4.78, 5) is 0. The highest BCUT2D eigenvalue weighted by Gasteiger charge is 2.17. The number of benzene rings is 3. The van der Waals surface area contributed by atoms with Crippen LogP contribution in [0.15, 0.2) is 90.1 Å². The Labute approximate surface area is 166 Å². The average molecular weight is 386 g/mol. The van der Waals surface area contributed by atoms with E-state index in [4.69, 9.17) is 4.74 Å². The third kappa shape index (κ3) is 3.01. The average Bonchev–Trinajstić information content (AvgIpc) is 3.31. The molecule has 28 heavy (non-hydrogen) atoms. The molecule has 0 aliphatic rings. The van der Waals surface area contributed by atoms with Crippen molar-refractivity contribution in [1.82, 2.24) is 19.2 Å². The van der Waals surface area contributed by atoms with Gasteiger partial charge in [0.05, 0.1) is 17.6 Å². The molecule has 5 nitrogen and oxygen atoms in total. The van der Waals surface area contributed by atoms with Crippen LogP contribution in [0, 0.1) is 0 Å². The van der Waals surface area contributed by atoms with Crippen LogP contribution in [-0.4, -0.2) is 31.5 Å². The summed E-state index contributed by atoms with van der Waals surface area (Å²) in [6.07, 6.45) is 0. The molecule has 0 radical (unpaired) electrons. The van der Waals surface area contributed by atoms with E-state index in [1.165, 1.54) is 0 Å². The van der Waals surface area contributed by atoms with Gasteiger partial charge in [0.15, 0.2) is 5.16 Å². The van der Waals surface area contributed by atoms with Crippen molar-refractivity contribution in [3.63, 3.8) is 0 Å². The lowest BCUT2D eigenvalue weighted by Gasteiger charge is -2.04. The van der Waals surface area contributed by atoms with E-state index in [0.717, 1.165) is 39.2 Å². The number of hydrogen-bond acceptors (Lipinski definition) is 4. The molecule has 5 aromatic rings. The minimum atomic E-state index is 0.612. The third-order valence-electron chi connectivity index (χ3n) is 4.52. The van der Waals surface area contributed by atoms with Gasteiger partial charge < -0.3 is 4.74 Å². The zero-order chi connectivity index (χ0) is 18.8. The fraction of sp³-hybridized carbons (Fsp3) is 0.0909. The first-order valence-corrected chi connectivity index (χ1v) is 10.1. The topological polar surface area (TPSA) is 44.4 Å². The number of hydrogen-bond donors (Lipinski definition) is 0. The first kappa shape index (κ1) is 16.9. The molecule has 0 bridgehead atoms. The molecule has 3 aromatic carbocycles. The molecular weight excluding hydrogens is 368 g/mol. The van der Waals surface area contributed by atoms with Gasteiger partial charge in [0.25, 0.3) is 0 Å². The van der Waals surface area contributed by atoms with Crippen molar-refractivity contribution in [2.24, 2.45) is 0 Å². The SMILES string of the molecule is c1ccc(OCCSc2nnc3n(-c4ccccc4)c4ccccc4n23)cc1. The molecule has 0 spiro atoms. The fourth-order valence-electron chi connectivity index (χ4n) is 3.30. The summed E-state index contributed by atoms with van der Waals surface area (Å²) in [5.74, 6) is 2.50. The van der Waals surface area contributed by atoms with E-state index in [9.17, 15) is 0 Å². The molecular formula is C22H18N4OS. The normalized spacial score (nSPS) is 11.3. The summed E-state index contributed by atoms with van der Waals surface area (Å²) in [5.41, 5.74) is 3.28. The van der Waals surface area contributed by atoms with Crippen molar-refractivity contribution in [3.8, 4) is 11.4 Å². The molecule has 0 saturated carbocycles. The summed E-state index contributed by atoms with van der Waals surface area (Å²) >= 11 is 1.65. The summed E-state index contributed by atoms with van der Waals surface area (Å²) in [6, 6.07) is 28.4. The number of ether oxygens (including phenoxy) is 1. The summed E-state index contributed by atoms with van der Waals surface area (Å²) < 4.78 is 10.1. The van der Waals surface area contributed by atoms with Crippen molar-refractivity contribution in [2.75, 3.05) is 12.4 Å². The predicted octanol–water partition coefficient (Wildman–Crippen LogP) is 4.84. The van der Waals surface area contributed by atoms with Crippen molar-refractivity contribution in [2.45, 2.75) is 5.16 Å². The van der Waals surface area contributed by atoms with E-state index in [-0.39, 0.29) is 0 Å². The number of rotatable bonds is 6. The molecule has 0 saturated heterocycles. The minimum absolute atomic E-state index is 0.612. The van der Waals surface area contributed by atoms with Gasteiger partial charge in [-0.2, -0.15) is 0 Å². The summed E-state index contributed by atoms with van der Waals surface area (Å²) in [7, 11) is 0. The molecule has 0 unspecified atom stereocenters. The lowest BCUT2D eigenvalue weighted by molar-refractivity contribution is 0.344. The monoisotopic (exact) mass is 386 g/mol. The van der Waals surface area contributed by atoms with Crippen LogP contribution in [0.3, 0.4) is 0 Å². The van der Waals surface area contributed by atoms with Crippen LogP contribution in [0.2, 0.25) is 0 Å². The number of nitrogens with zero attached hydrogens (tertiary/aromatic N) is 4. The second-order valence-corrected chi connectivity index (χ2v) is 7.35. The Morgan fingerprint density at radius 3 is 2.21 bits per heavy atom. The minimum Gasteiger partial charge on any atom is -0.493 e. The number of thioether (sulfide) groups is 1. The zero-order valence-corrected chi connectivity index (χ0v) is 15.9. The lowest BCUT2D eigenvalue weighted by atomic mass is 10.3. The molecule has 2 heterocycles. The first-order chi connectivity index (χ1) is 13.9. The molecule has 6 heteroatoms. The van der Waals surface area contributed by atoms with Crippen LogP contribution in [-0.2, 0) is 0 Å². The maximum atomic E-state index is 5.79. The second-order valence-electron chi connectivity index (χ2n) is 6.29. The molecule has 0 amide bonds. The van der Waals surface area contributed by atoms with Crippen LogP contribution >= 0.6 is 11.8 Å². The number of para-hydroxylation sites is 4. The number of aromatic nitrogens is 4. The van der Waals surface area contributed by atoms with Gasteiger partial charge in [0, 0.05) is 11.4 Å². The molecule has 0 aliphatic carbocycles. The fourth-order valence-corrected chi connectivity index (χ4v) is 4.06. The third-order valence-corrected chi connectivity index (χ3v) is 5.41. The van der Waals surface area contributed by atoms with E-state index in [0.29, 0.717) is 6.61 Å². The summed E-state index contributed by atoms with van der Waals surface area (Å²) in [5, 5.41) is 9.79. The quantitative estimate of drug-likeness (QED) is 0.309. The summed E-state index contributed by atoms with van der Waals surface area (Å²) in [6.45, 7) is 0.612. The Bertz CT molecular complexity index is 1210. The van der Waals surface area contributed by atoms with Crippen LogP contribution in [0.25, 0.3) is 22.5 Å². The van der Waals surface area contributed by atoms with Gasteiger partial charge in [0.2, 0.25) is 5.78 Å². The molecule has 138 valence electrons. The van der Waals surface area contributed by atoms with E-state index in [2.05, 4.69) is 49.5 Å². The molecule has 0 aliphatic heterocycles. The van der Waals surface area contributed by atoms with Gasteiger partial charge in [-0.3, -0.25) is 8.97 Å².